The average molecular weight is 376 g/mol. The Bertz CT molecular complexity index is 713. The second kappa shape index (κ2) is 9.01. The third-order valence-corrected chi connectivity index (χ3v) is 4.82. The molecule has 4 nitrogen and oxygen atoms in total. The van der Waals surface area contributed by atoms with E-state index in [2.05, 4.69) is 15.1 Å². The zero-order chi connectivity index (χ0) is 18.4. The van der Waals surface area contributed by atoms with Crippen molar-refractivity contribution in [2.24, 2.45) is 0 Å². The molecule has 0 spiro atoms. The zero-order valence-corrected chi connectivity index (χ0v) is 15.4. The molecule has 1 heterocycles. The molecule has 138 valence electrons. The molecule has 1 aliphatic heterocycles. The number of carbonyl (C=O) groups is 1. The maximum absolute atomic E-state index is 13.0. The summed E-state index contributed by atoms with van der Waals surface area (Å²) >= 11 is 5.84. The minimum absolute atomic E-state index is 0.0253. The van der Waals surface area contributed by atoms with Gasteiger partial charge >= 0.3 is 0 Å². The fourth-order valence-electron chi connectivity index (χ4n) is 3.10. The molecule has 0 radical (unpaired) electrons. The Morgan fingerprint density at radius 2 is 1.65 bits per heavy atom. The van der Waals surface area contributed by atoms with E-state index < -0.39 is 0 Å². The number of piperazine rings is 1. The lowest BCUT2D eigenvalue weighted by molar-refractivity contribution is -0.116. The molecule has 3 rings (SSSR count). The van der Waals surface area contributed by atoms with E-state index in [-0.39, 0.29) is 11.7 Å². The van der Waals surface area contributed by atoms with Crippen molar-refractivity contribution in [1.29, 1.82) is 0 Å². The summed E-state index contributed by atoms with van der Waals surface area (Å²) in [6, 6.07) is 13.8. The van der Waals surface area contributed by atoms with Crippen LogP contribution in [0.5, 0.6) is 0 Å². The molecule has 1 fully saturated rings. The normalized spacial score (nSPS) is 15.1. The number of amides is 1. The number of carbonyl (C=O) groups excluding carboxylic acids is 1. The van der Waals surface area contributed by atoms with Crippen LogP contribution in [0.1, 0.15) is 12.8 Å². The smallest absolute Gasteiger partial charge is 0.224 e. The molecule has 1 N–H and O–H groups in total. The molecule has 2 aromatic rings. The summed E-state index contributed by atoms with van der Waals surface area (Å²) in [7, 11) is 0. The van der Waals surface area contributed by atoms with Gasteiger partial charge in [0.2, 0.25) is 5.91 Å². The summed E-state index contributed by atoms with van der Waals surface area (Å²) in [6.45, 7) is 4.66. The molecule has 6 heteroatoms. The van der Waals surface area contributed by atoms with Crippen LogP contribution in [-0.2, 0) is 4.79 Å². The third-order valence-electron chi connectivity index (χ3n) is 4.57. The van der Waals surface area contributed by atoms with Crippen LogP contribution in [0.4, 0.5) is 15.8 Å². The van der Waals surface area contributed by atoms with Crippen LogP contribution in [0.3, 0.4) is 0 Å². The van der Waals surface area contributed by atoms with E-state index in [1.165, 1.54) is 12.1 Å². The first-order valence-electron chi connectivity index (χ1n) is 8.88. The SMILES string of the molecule is O=C(CCCN1CCN(c2ccc(F)cc2)CC1)Nc1ccc(Cl)cc1. The number of nitrogens with one attached hydrogen (secondary N) is 1. The summed E-state index contributed by atoms with van der Waals surface area (Å²) in [6.07, 6.45) is 1.33. The highest BCUT2D eigenvalue weighted by Crippen LogP contribution is 2.17. The van der Waals surface area contributed by atoms with Crippen LogP contribution < -0.4 is 10.2 Å². The molecule has 0 atom stereocenters. The van der Waals surface area contributed by atoms with Gasteiger partial charge in [0.1, 0.15) is 5.82 Å². The highest BCUT2D eigenvalue weighted by Gasteiger charge is 2.17. The van der Waals surface area contributed by atoms with Crippen molar-refractivity contribution in [2.45, 2.75) is 12.8 Å². The van der Waals surface area contributed by atoms with E-state index in [1.807, 2.05) is 12.1 Å². The van der Waals surface area contributed by atoms with Crippen molar-refractivity contribution in [3.63, 3.8) is 0 Å². The predicted molar refractivity (Wildman–Crippen MR) is 104 cm³/mol. The van der Waals surface area contributed by atoms with Gasteiger partial charge in [-0.05, 0) is 61.5 Å². The lowest BCUT2D eigenvalue weighted by Gasteiger charge is -2.36. The fourth-order valence-corrected chi connectivity index (χ4v) is 3.23. The second-order valence-corrected chi connectivity index (χ2v) is 6.90. The van der Waals surface area contributed by atoms with Gasteiger partial charge < -0.3 is 10.2 Å². The quantitative estimate of drug-likeness (QED) is 0.828. The van der Waals surface area contributed by atoms with Crippen molar-refractivity contribution in [3.8, 4) is 0 Å². The summed E-state index contributed by atoms with van der Waals surface area (Å²) in [5.74, 6) is -0.179. The van der Waals surface area contributed by atoms with E-state index in [1.54, 1.807) is 24.3 Å². The van der Waals surface area contributed by atoms with E-state index in [0.29, 0.717) is 11.4 Å². The van der Waals surface area contributed by atoms with Gasteiger partial charge in [0.25, 0.3) is 0 Å². The Kier molecular flexibility index (Phi) is 6.47. The first-order valence-corrected chi connectivity index (χ1v) is 9.26. The first-order chi connectivity index (χ1) is 12.6. The Morgan fingerprint density at radius 1 is 1.00 bits per heavy atom. The molecule has 0 aliphatic carbocycles. The van der Waals surface area contributed by atoms with Crippen LogP contribution in [-0.4, -0.2) is 43.5 Å². The van der Waals surface area contributed by atoms with Crippen molar-refractivity contribution in [2.75, 3.05) is 42.9 Å². The van der Waals surface area contributed by atoms with Gasteiger partial charge in [-0.15, -0.1) is 0 Å². The first kappa shape index (κ1) is 18.7. The van der Waals surface area contributed by atoms with Gasteiger partial charge in [-0.2, -0.15) is 0 Å². The third kappa shape index (κ3) is 5.44. The number of hydrogen-bond acceptors (Lipinski definition) is 3. The monoisotopic (exact) mass is 375 g/mol. The predicted octanol–water partition coefficient (Wildman–Crippen LogP) is 4.02. The number of benzene rings is 2. The van der Waals surface area contributed by atoms with Crippen molar-refractivity contribution in [3.05, 3.63) is 59.4 Å². The van der Waals surface area contributed by atoms with Crippen LogP contribution >= 0.6 is 11.6 Å². The Morgan fingerprint density at radius 3 is 2.31 bits per heavy atom. The van der Waals surface area contributed by atoms with E-state index in [0.717, 1.165) is 50.5 Å². The van der Waals surface area contributed by atoms with Crippen molar-refractivity contribution >= 4 is 28.9 Å². The number of anilines is 2. The number of rotatable bonds is 6. The number of halogens is 2. The molecule has 0 unspecified atom stereocenters. The van der Waals surface area contributed by atoms with Gasteiger partial charge in [0, 0.05) is 49.0 Å². The summed E-state index contributed by atoms with van der Waals surface area (Å²) in [5.41, 5.74) is 1.83. The van der Waals surface area contributed by atoms with Crippen molar-refractivity contribution in [1.82, 2.24) is 4.90 Å². The van der Waals surface area contributed by atoms with E-state index >= 15 is 0 Å². The largest absolute Gasteiger partial charge is 0.369 e. The minimum atomic E-state index is -0.204. The molecular formula is C20H23ClFN3O. The molecule has 1 saturated heterocycles. The highest BCUT2D eigenvalue weighted by molar-refractivity contribution is 6.30. The summed E-state index contributed by atoms with van der Waals surface area (Å²) < 4.78 is 13.0. The molecule has 26 heavy (non-hydrogen) atoms. The summed E-state index contributed by atoms with van der Waals surface area (Å²) in [4.78, 5) is 16.6. The Hall–Kier alpha value is -2.11. The maximum Gasteiger partial charge on any atom is 0.224 e. The maximum atomic E-state index is 13.0. The van der Waals surface area contributed by atoms with Crippen LogP contribution in [0.15, 0.2) is 48.5 Å². The standard InChI is InChI=1S/C20H23ClFN3O/c21-16-3-7-18(8-4-16)23-20(26)2-1-11-24-12-14-25(15-13-24)19-9-5-17(22)6-10-19/h3-10H,1-2,11-15H2,(H,23,26). The second-order valence-electron chi connectivity index (χ2n) is 6.46. The van der Waals surface area contributed by atoms with Crippen LogP contribution in [0.2, 0.25) is 5.02 Å². The molecule has 2 aromatic carbocycles. The van der Waals surface area contributed by atoms with E-state index in [4.69, 9.17) is 11.6 Å². The van der Waals surface area contributed by atoms with Gasteiger partial charge in [-0.25, -0.2) is 4.39 Å². The Labute approximate surface area is 158 Å². The highest BCUT2D eigenvalue weighted by atomic mass is 35.5. The number of hydrogen-bond donors (Lipinski definition) is 1. The lowest BCUT2D eigenvalue weighted by Crippen LogP contribution is -2.46. The van der Waals surface area contributed by atoms with Gasteiger partial charge in [-0.3, -0.25) is 9.69 Å². The number of nitrogens with zero attached hydrogens (tertiary/aromatic N) is 2. The average Bonchev–Trinajstić information content (AvgIpc) is 2.65. The van der Waals surface area contributed by atoms with Crippen LogP contribution in [0.25, 0.3) is 0 Å². The molecule has 0 saturated carbocycles. The summed E-state index contributed by atoms with van der Waals surface area (Å²) in [5, 5.41) is 3.54. The Balaban J connectivity index is 1.35. The van der Waals surface area contributed by atoms with Gasteiger partial charge in [0.05, 0.1) is 0 Å². The fraction of sp³-hybridized carbons (Fsp3) is 0.350. The minimum Gasteiger partial charge on any atom is -0.369 e. The van der Waals surface area contributed by atoms with Gasteiger partial charge in [0.15, 0.2) is 0 Å². The zero-order valence-electron chi connectivity index (χ0n) is 14.6. The molecular weight excluding hydrogens is 353 g/mol. The topological polar surface area (TPSA) is 35.6 Å². The molecule has 1 aliphatic rings. The molecule has 1 amide bonds. The van der Waals surface area contributed by atoms with Gasteiger partial charge in [-0.1, -0.05) is 11.6 Å². The van der Waals surface area contributed by atoms with E-state index in [9.17, 15) is 9.18 Å². The van der Waals surface area contributed by atoms with Crippen LogP contribution in [0, 0.1) is 5.82 Å². The molecule has 0 bridgehead atoms. The molecule has 0 aromatic heterocycles. The lowest BCUT2D eigenvalue weighted by atomic mass is 10.2. The van der Waals surface area contributed by atoms with Crippen molar-refractivity contribution < 1.29 is 9.18 Å².